The fraction of sp³-hybridized carbons (Fsp3) is 1.00. The van der Waals surface area contributed by atoms with Gasteiger partial charge >= 0.3 is 0 Å². The van der Waals surface area contributed by atoms with Crippen LogP contribution in [0.2, 0.25) is 0 Å². The first-order valence-electron chi connectivity index (χ1n) is 12.8. The maximum atomic E-state index is 8.74. The van der Waals surface area contributed by atoms with Crippen molar-refractivity contribution in [2.75, 3.05) is 26.3 Å². The van der Waals surface area contributed by atoms with Crippen LogP contribution in [0.25, 0.3) is 0 Å². The first-order valence-corrected chi connectivity index (χ1v) is 12.8. The molecule has 0 aliphatic rings. The SMILES string of the molecule is OCCCCCCCCCCCCCCCCCCCCCCNCCCO. The molecular formula is C25H53NO2. The average molecular weight is 400 g/mol. The van der Waals surface area contributed by atoms with Crippen molar-refractivity contribution in [3.63, 3.8) is 0 Å². The van der Waals surface area contributed by atoms with Crippen molar-refractivity contribution in [2.24, 2.45) is 0 Å². The van der Waals surface area contributed by atoms with Crippen LogP contribution in [0.15, 0.2) is 0 Å². The molecule has 170 valence electrons. The molecule has 0 aromatic carbocycles. The van der Waals surface area contributed by atoms with E-state index in [0.29, 0.717) is 13.2 Å². The Morgan fingerprint density at radius 3 is 0.857 bits per heavy atom. The van der Waals surface area contributed by atoms with Gasteiger partial charge in [0, 0.05) is 13.2 Å². The summed E-state index contributed by atoms with van der Waals surface area (Å²) in [6.07, 6.45) is 28.4. The Labute approximate surface area is 177 Å². The topological polar surface area (TPSA) is 52.5 Å². The van der Waals surface area contributed by atoms with Gasteiger partial charge in [0.1, 0.15) is 0 Å². The van der Waals surface area contributed by atoms with Crippen molar-refractivity contribution in [3.05, 3.63) is 0 Å². The van der Waals surface area contributed by atoms with Crippen LogP contribution in [-0.2, 0) is 0 Å². The van der Waals surface area contributed by atoms with Crippen molar-refractivity contribution in [2.45, 2.75) is 135 Å². The van der Waals surface area contributed by atoms with Gasteiger partial charge in [-0.1, -0.05) is 116 Å². The van der Waals surface area contributed by atoms with Crippen LogP contribution in [0.1, 0.15) is 135 Å². The Balaban J connectivity index is 2.96. The van der Waals surface area contributed by atoms with Crippen LogP contribution < -0.4 is 5.32 Å². The van der Waals surface area contributed by atoms with Crippen molar-refractivity contribution < 1.29 is 10.2 Å². The number of aliphatic hydroxyl groups excluding tert-OH is 2. The lowest BCUT2D eigenvalue weighted by Crippen LogP contribution is -2.17. The number of unbranched alkanes of at least 4 members (excludes halogenated alkanes) is 19. The van der Waals surface area contributed by atoms with E-state index in [1.165, 1.54) is 122 Å². The summed E-state index contributed by atoms with van der Waals surface area (Å²) in [4.78, 5) is 0. The molecule has 0 spiro atoms. The summed E-state index contributed by atoms with van der Waals surface area (Å²) in [5.41, 5.74) is 0. The summed E-state index contributed by atoms with van der Waals surface area (Å²) < 4.78 is 0. The molecule has 0 aromatic heterocycles. The molecule has 0 heterocycles. The van der Waals surface area contributed by atoms with Gasteiger partial charge in [0.25, 0.3) is 0 Å². The zero-order chi connectivity index (χ0) is 20.4. The Morgan fingerprint density at radius 1 is 0.286 bits per heavy atom. The molecule has 0 aliphatic carbocycles. The lowest BCUT2D eigenvalue weighted by atomic mass is 10.0. The van der Waals surface area contributed by atoms with E-state index in [2.05, 4.69) is 5.32 Å². The largest absolute Gasteiger partial charge is 0.396 e. The van der Waals surface area contributed by atoms with Crippen molar-refractivity contribution in [1.82, 2.24) is 5.32 Å². The van der Waals surface area contributed by atoms with Crippen LogP contribution in [0.4, 0.5) is 0 Å². The number of nitrogens with one attached hydrogen (secondary N) is 1. The lowest BCUT2D eigenvalue weighted by molar-refractivity contribution is 0.282. The Bertz CT molecular complexity index is 235. The highest BCUT2D eigenvalue weighted by Crippen LogP contribution is 2.14. The van der Waals surface area contributed by atoms with E-state index in [0.717, 1.165) is 25.9 Å². The van der Waals surface area contributed by atoms with E-state index in [9.17, 15) is 0 Å². The van der Waals surface area contributed by atoms with Gasteiger partial charge in [-0.25, -0.2) is 0 Å². The molecule has 0 saturated carbocycles. The third-order valence-corrected chi connectivity index (χ3v) is 5.77. The normalized spacial score (nSPS) is 11.4. The summed E-state index contributed by atoms with van der Waals surface area (Å²) >= 11 is 0. The monoisotopic (exact) mass is 399 g/mol. The molecule has 3 nitrogen and oxygen atoms in total. The third-order valence-electron chi connectivity index (χ3n) is 5.77. The Morgan fingerprint density at radius 2 is 0.536 bits per heavy atom. The maximum Gasteiger partial charge on any atom is 0.0443 e. The minimum atomic E-state index is 0.306. The second-order valence-corrected chi connectivity index (χ2v) is 8.62. The highest BCUT2D eigenvalue weighted by Gasteiger charge is 1.95. The first-order chi connectivity index (χ1) is 13.9. The third kappa shape index (κ3) is 25.9. The summed E-state index contributed by atoms with van der Waals surface area (Å²) in [7, 11) is 0. The molecule has 0 radical (unpaired) electrons. The van der Waals surface area contributed by atoms with Gasteiger partial charge in [-0.05, 0) is 32.4 Å². The first kappa shape index (κ1) is 27.9. The molecule has 0 bridgehead atoms. The minimum Gasteiger partial charge on any atom is -0.396 e. The molecule has 0 atom stereocenters. The van der Waals surface area contributed by atoms with E-state index in [-0.39, 0.29) is 0 Å². The predicted molar refractivity (Wildman–Crippen MR) is 124 cm³/mol. The van der Waals surface area contributed by atoms with Gasteiger partial charge in [-0.2, -0.15) is 0 Å². The molecule has 0 aromatic rings. The summed E-state index contributed by atoms with van der Waals surface area (Å²) in [5.74, 6) is 0. The smallest absolute Gasteiger partial charge is 0.0443 e. The van der Waals surface area contributed by atoms with Crippen LogP contribution in [-0.4, -0.2) is 36.5 Å². The minimum absolute atomic E-state index is 0.306. The van der Waals surface area contributed by atoms with Gasteiger partial charge in [0.2, 0.25) is 0 Å². The molecule has 28 heavy (non-hydrogen) atoms. The molecule has 0 aliphatic heterocycles. The van der Waals surface area contributed by atoms with Crippen LogP contribution in [0, 0.1) is 0 Å². The molecular weight excluding hydrogens is 346 g/mol. The van der Waals surface area contributed by atoms with Crippen LogP contribution in [0.3, 0.4) is 0 Å². The molecule has 3 N–H and O–H groups in total. The van der Waals surface area contributed by atoms with E-state index >= 15 is 0 Å². The van der Waals surface area contributed by atoms with Crippen LogP contribution >= 0.6 is 0 Å². The van der Waals surface area contributed by atoms with Crippen LogP contribution in [0.5, 0.6) is 0 Å². The van der Waals surface area contributed by atoms with Gasteiger partial charge in [-0.15, -0.1) is 0 Å². The van der Waals surface area contributed by atoms with E-state index in [1.54, 1.807) is 0 Å². The van der Waals surface area contributed by atoms with Gasteiger partial charge in [-0.3, -0.25) is 0 Å². The number of hydrogen-bond acceptors (Lipinski definition) is 3. The Hall–Kier alpha value is -0.120. The fourth-order valence-electron chi connectivity index (χ4n) is 3.87. The van der Waals surface area contributed by atoms with E-state index in [4.69, 9.17) is 10.2 Å². The molecule has 0 rings (SSSR count). The number of rotatable bonds is 25. The molecule has 0 saturated heterocycles. The highest BCUT2D eigenvalue weighted by molar-refractivity contribution is 4.52. The molecule has 3 heteroatoms. The average Bonchev–Trinajstić information content (AvgIpc) is 2.71. The summed E-state index contributed by atoms with van der Waals surface area (Å²) in [6, 6.07) is 0. The zero-order valence-electron chi connectivity index (χ0n) is 19.1. The fourth-order valence-corrected chi connectivity index (χ4v) is 3.87. The standard InChI is InChI=1S/C25H53NO2/c27-24-20-18-16-14-12-10-8-6-4-2-1-3-5-7-9-11-13-15-17-19-22-26-23-21-25-28/h26-28H,1-25H2. The maximum absolute atomic E-state index is 8.74. The van der Waals surface area contributed by atoms with Gasteiger partial charge < -0.3 is 15.5 Å². The number of aliphatic hydroxyl groups is 2. The van der Waals surface area contributed by atoms with Crippen molar-refractivity contribution >= 4 is 0 Å². The Kier molecular flexibility index (Phi) is 26.8. The lowest BCUT2D eigenvalue weighted by Gasteiger charge is -2.05. The second-order valence-electron chi connectivity index (χ2n) is 8.62. The predicted octanol–water partition coefficient (Wildman–Crippen LogP) is 6.75. The highest BCUT2D eigenvalue weighted by atomic mass is 16.3. The van der Waals surface area contributed by atoms with Gasteiger partial charge in [0.05, 0.1) is 0 Å². The summed E-state index contributed by atoms with van der Waals surface area (Å²) in [6.45, 7) is 2.75. The van der Waals surface area contributed by atoms with E-state index in [1.807, 2.05) is 0 Å². The molecule has 0 unspecified atom stereocenters. The quantitative estimate of drug-likeness (QED) is 0.149. The number of hydrogen-bond donors (Lipinski definition) is 3. The second kappa shape index (κ2) is 26.9. The molecule has 0 fully saturated rings. The molecule has 0 amide bonds. The van der Waals surface area contributed by atoms with Crippen molar-refractivity contribution in [3.8, 4) is 0 Å². The summed E-state index contributed by atoms with van der Waals surface area (Å²) in [5, 5.41) is 20.8. The van der Waals surface area contributed by atoms with E-state index < -0.39 is 0 Å². The zero-order valence-corrected chi connectivity index (χ0v) is 19.1. The van der Waals surface area contributed by atoms with Gasteiger partial charge in [0.15, 0.2) is 0 Å². The van der Waals surface area contributed by atoms with Crippen molar-refractivity contribution in [1.29, 1.82) is 0 Å².